The van der Waals surface area contributed by atoms with Gasteiger partial charge in [0, 0.05) is 18.3 Å². The Morgan fingerprint density at radius 1 is 1.19 bits per heavy atom. The van der Waals surface area contributed by atoms with Gasteiger partial charge in [0.05, 0.1) is 44.4 Å². The van der Waals surface area contributed by atoms with Gasteiger partial charge in [0.15, 0.2) is 11.5 Å². The van der Waals surface area contributed by atoms with Crippen LogP contribution in [0.2, 0.25) is 0 Å². The highest BCUT2D eigenvalue weighted by Crippen LogP contribution is 2.34. The number of β-amino-alcohol motifs (C(OH)–C–C–N with tert-alkyl or cyclic N) is 1. The van der Waals surface area contributed by atoms with Crippen molar-refractivity contribution in [3.8, 4) is 11.5 Å². The van der Waals surface area contributed by atoms with Crippen molar-refractivity contribution >= 4 is 17.6 Å². The molecule has 0 unspecified atom stereocenters. The average molecular weight is 435 g/mol. The Balaban J connectivity index is 1.44. The van der Waals surface area contributed by atoms with Crippen LogP contribution < -0.4 is 20.1 Å². The second-order valence-electron chi connectivity index (χ2n) is 7.94. The average Bonchev–Trinajstić information content (AvgIpc) is 3.19. The number of ether oxygens (including phenoxy) is 4. The molecule has 10 nitrogen and oxygen atoms in total. The minimum absolute atomic E-state index is 0.0504. The Hall–Kier alpha value is -2.56. The number of anilines is 1. The largest absolute Gasteiger partial charge is 0.454 e. The first-order chi connectivity index (χ1) is 15.0. The topological polar surface area (TPSA) is 119 Å². The summed E-state index contributed by atoms with van der Waals surface area (Å²) in [6.45, 7) is 3.10. The summed E-state index contributed by atoms with van der Waals surface area (Å²) in [6.07, 6.45) is 0.184. The van der Waals surface area contributed by atoms with Gasteiger partial charge in [-0.3, -0.25) is 4.79 Å². The number of carbonyl (C=O) groups is 2. The lowest BCUT2D eigenvalue weighted by Crippen LogP contribution is -2.58. The lowest BCUT2D eigenvalue weighted by Gasteiger charge is -2.44. The van der Waals surface area contributed by atoms with Crippen molar-refractivity contribution in [2.45, 2.75) is 50.5 Å². The summed E-state index contributed by atoms with van der Waals surface area (Å²) in [5.41, 5.74) is 0.574. The van der Waals surface area contributed by atoms with Gasteiger partial charge in [0.2, 0.25) is 12.7 Å². The second kappa shape index (κ2) is 9.71. The van der Waals surface area contributed by atoms with Gasteiger partial charge in [-0.05, 0) is 31.9 Å². The van der Waals surface area contributed by atoms with Gasteiger partial charge in [0.25, 0.3) is 0 Å². The Morgan fingerprint density at radius 3 is 2.87 bits per heavy atom. The molecule has 1 aromatic rings. The number of fused-ring (bicyclic) bond motifs is 2. The predicted molar refractivity (Wildman–Crippen MR) is 110 cm³/mol. The molecule has 3 N–H and O–H groups in total. The van der Waals surface area contributed by atoms with E-state index in [2.05, 4.69) is 10.6 Å². The number of amides is 3. The lowest BCUT2D eigenvalue weighted by atomic mass is 9.95. The fourth-order valence-corrected chi connectivity index (χ4v) is 4.22. The highest BCUT2D eigenvalue weighted by Gasteiger charge is 2.40. The molecule has 3 heterocycles. The molecule has 0 bridgehead atoms. The molecule has 10 heteroatoms. The van der Waals surface area contributed by atoms with Crippen LogP contribution in [0.3, 0.4) is 0 Å². The quantitative estimate of drug-likeness (QED) is 0.648. The molecule has 0 radical (unpaired) electrons. The van der Waals surface area contributed by atoms with E-state index in [0.29, 0.717) is 36.6 Å². The van der Waals surface area contributed by atoms with Crippen LogP contribution in [-0.4, -0.2) is 79.4 Å². The van der Waals surface area contributed by atoms with Gasteiger partial charge in [-0.2, -0.15) is 0 Å². The summed E-state index contributed by atoms with van der Waals surface area (Å²) in [4.78, 5) is 26.7. The fourth-order valence-electron chi connectivity index (χ4n) is 4.22. The van der Waals surface area contributed by atoms with Crippen LogP contribution in [0.5, 0.6) is 11.5 Å². The number of nitrogens with one attached hydrogen (secondary N) is 2. The number of carbonyl (C=O) groups excluding carboxylic acids is 2. The van der Waals surface area contributed by atoms with Gasteiger partial charge in [-0.15, -0.1) is 0 Å². The maximum absolute atomic E-state index is 13.1. The van der Waals surface area contributed by atoms with E-state index in [0.717, 1.165) is 0 Å². The molecule has 3 aliphatic rings. The number of hydrogen-bond acceptors (Lipinski definition) is 7. The highest BCUT2D eigenvalue weighted by atomic mass is 16.7. The van der Waals surface area contributed by atoms with Crippen molar-refractivity contribution in [2.75, 3.05) is 38.4 Å². The zero-order valence-electron chi connectivity index (χ0n) is 17.5. The number of urea groups is 1. The highest BCUT2D eigenvalue weighted by molar-refractivity contribution is 5.90. The number of aliphatic hydroxyl groups excluding tert-OH is 1. The first-order valence-electron chi connectivity index (χ1n) is 10.7. The molecule has 0 aliphatic carbocycles. The van der Waals surface area contributed by atoms with Crippen LogP contribution in [0.25, 0.3) is 0 Å². The molecule has 0 saturated carbocycles. The van der Waals surface area contributed by atoms with Crippen molar-refractivity contribution in [1.82, 2.24) is 10.2 Å². The van der Waals surface area contributed by atoms with Crippen LogP contribution in [0.4, 0.5) is 10.5 Å². The smallest absolute Gasteiger partial charge is 0.322 e. The Kier molecular flexibility index (Phi) is 6.79. The second-order valence-corrected chi connectivity index (χ2v) is 7.94. The minimum Gasteiger partial charge on any atom is -0.454 e. The third kappa shape index (κ3) is 5.20. The Labute approximate surface area is 180 Å². The summed E-state index contributed by atoms with van der Waals surface area (Å²) in [5, 5.41) is 15.9. The third-order valence-corrected chi connectivity index (χ3v) is 5.65. The van der Waals surface area contributed by atoms with Crippen LogP contribution in [-0.2, 0) is 14.3 Å². The van der Waals surface area contributed by atoms with Crippen LogP contribution in [0, 0.1) is 0 Å². The maximum atomic E-state index is 13.1. The molecule has 3 aliphatic heterocycles. The minimum atomic E-state index is -0.795. The summed E-state index contributed by atoms with van der Waals surface area (Å²) >= 11 is 0. The maximum Gasteiger partial charge on any atom is 0.322 e. The molecule has 2 fully saturated rings. The molecule has 31 heavy (non-hydrogen) atoms. The number of hydrogen-bond donors (Lipinski definition) is 3. The predicted octanol–water partition coefficient (Wildman–Crippen LogP) is 1.08. The number of rotatable bonds is 4. The van der Waals surface area contributed by atoms with E-state index < -0.39 is 6.10 Å². The molecule has 1 aromatic carbocycles. The molecule has 0 spiro atoms. The SMILES string of the molecule is CCNC(=O)C[C@@H]1CC[C@H]2[C@@H](COC[C@@H](O)CN2C(=O)Nc2ccc3c(c2)OCO3)O1. The first-order valence-corrected chi connectivity index (χ1v) is 10.7. The molecule has 2 saturated heterocycles. The summed E-state index contributed by atoms with van der Waals surface area (Å²) < 4.78 is 22.4. The molecular weight excluding hydrogens is 406 g/mol. The van der Waals surface area contributed by atoms with E-state index in [4.69, 9.17) is 18.9 Å². The molecule has 170 valence electrons. The van der Waals surface area contributed by atoms with E-state index in [9.17, 15) is 14.7 Å². The lowest BCUT2D eigenvalue weighted by molar-refractivity contribution is -0.149. The molecule has 4 rings (SSSR count). The summed E-state index contributed by atoms with van der Waals surface area (Å²) in [7, 11) is 0. The summed E-state index contributed by atoms with van der Waals surface area (Å²) in [6, 6.07) is 4.59. The van der Waals surface area contributed by atoms with Crippen LogP contribution >= 0.6 is 0 Å². The van der Waals surface area contributed by atoms with Crippen molar-refractivity contribution in [1.29, 1.82) is 0 Å². The number of nitrogens with zero attached hydrogens (tertiary/aromatic N) is 1. The van der Waals surface area contributed by atoms with Gasteiger partial charge >= 0.3 is 6.03 Å². The van der Waals surface area contributed by atoms with Crippen molar-refractivity contribution in [2.24, 2.45) is 0 Å². The van der Waals surface area contributed by atoms with Gasteiger partial charge in [-0.25, -0.2) is 4.79 Å². The van der Waals surface area contributed by atoms with E-state index in [1.807, 2.05) is 6.92 Å². The zero-order chi connectivity index (χ0) is 21.8. The van der Waals surface area contributed by atoms with E-state index >= 15 is 0 Å². The third-order valence-electron chi connectivity index (χ3n) is 5.65. The summed E-state index contributed by atoms with van der Waals surface area (Å²) in [5.74, 6) is 1.16. The fraction of sp³-hybridized carbons (Fsp3) is 0.619. The molecular formula is C21H29N3O7. The van der Waals surface area contributed by atoms with E-state index in [-0.39, 0.29) is 63.2 Å². The van der Waals surface area contributed by atoms with E-state index in [1.54, 1.807) is 23.1 Å². The molecule has 4 atom stereocenters. The first kappa shape index (κ1) is 21.7. The Bertz CT molecular complexity index is 805. The van der Waals surface area contributed by atoms with Gasteiger partial charge < -0.3 is 39.6 Å². The van der Waals surface area contributed by atoms with Crippen molar-refractivity contribution in [3.05, 3.63) is 18.2 Å². The number of benzene rings is 1. The van der Waals surface area contributed by atoms with Crippen molar-refractivity contribution < 1.29 is 33.6 Å². The standard InChI is InChI=1S/C21H29N3O7/c1-2-22-20(26)8-15-4-5-16-19(31-15)11-28-10-14(25)9-24(16)21(27)23-13-3-6-17-18(7-13)30-12-29-17/h3,6-7,14-16,19,25H,2,4-5,8-12H2,1H3,(H,22,26)(H,23,27)/t14-,15-,16-,19+/m0/s1. The zero-order valence-corrected chi connectivity index (χ0v) is 17.5. The number of aliphatic hydroxyl groups is 1. The van der Waals surface area contributed by atoms with Crippen LogP contribution in [0.15, 0.2) is 18.2 Å². The molecule has 0 aromatic heterocycles. The van der Waals surface area contributed by atoms with E-state index in [1.165, 1.54) is 0 Å². The van der Waals surface area contributed by atoms with Crippen LogP contribution in [0.1, 0.15) is 26.2 Å². The molecule has 3 amide bonds. The Morgan fingerprint density at radius 2 is 2.03 bits per heavy atom. The van der Waals surface area contributed by atoms with Gasteiger partial charge in [0.1, 0.15) is 6.10 Å². The van der Waals surface area contributed by atoms with Crippen molar-refractivity contribution in [3.63, 3.8) is 0 Å². The van der Waals surface area contributed by atoms with Gasteiger partial charge in [-0.1, -0.05) is 0 Å². The normalized spacial score (nSPS) is 27.6. The monoisotopic (exact) mass is 435 g/mol.